The molecular formula is C29H32F3NO4. The van der Waals surface area contributed by atoms with Crippen LogP contribution in [0.5, 0.6) is 11.5 Å². The van der Waals surface area contributed by atoms with Gasteiger partial charge in [-0.1, -0.05) is 24.3 Å². The van der Waals surface area contributed by atoms with Gasteiger partial charge in [-0.25, -0.2) is 0 Å². The maximum absolute atomic E-state index is 13.7. The summed E-state index contributed by atoms with van der Waals surface area (Å²) in [5, 5.41) is 12.4. The lowest BCUT2D eigenvalue weighted by atomic mass is 9.90. The number of nitrogens with one attached hydrogen (secondary N) is 1. The van der Waals surface area contributed by atoms with Crippen LogP contribution >= 0.6 is 0 Å². The van der Waals surface area contributed by atoms with Gasteiger partial charge in [0, 0.05) is 19.0 Å². The summed E-state index contributed by atoms with van der Waals surface area (Å²) < 4.78 is 52.1. The lowest BCUT2D eigenvalue weighted by Crippen LogP contribution is -2.24. The zero-order valence-electron chi connectivity index (χ0n) is 21.4. The maximum atomic E-state index is 13.7. The molecule has 1 atom stereocenters. The van der Waals surface area contributed by atoms with E-state index in [1.165, 1.54) is 0 Å². The van der Waals surface area contributed by atoms with E-state index < -0.39 is 17.7 Å². The normalized spacial score (nSPS) is 12.3. The third kappa shape index (κ3) is 7.49. The standard InChI is InChI=1S/C29H32F3NO4/c1-18-8-9-27(19(2)26(18)10-11-28(34)35)22-14-23(29(30,31)32)17-25(16-22)37-13-12-33-20(3)21-6-5-7-24(15-21)36-4/h5-9,14-17,20,33H,10-13H2,1-4H3,(H,34,35)/t20-/m1/s1. The van der Waals surface area contributed by atoms with Crippen molar-refractivity contribution in [2.24, 2.45) is 0 Å². The highest BCUT2D eigenvalue weighted by Crippen LogP contribution is 2.37. The molecule has 0 aliphatic carbocycles. The zero-order valence-corrected chi connectivity index (χ0v) is 21.4. The first-order valence-electron chi connectivity index (χ1n) is 12.0. The minimum absolute atomic E-state index is 0.00444. The average molecular weight is 516 g/mol. The number of hydrogen-bond donors (Lipinski definition) is 2. The highest BCUT2D eigenvalue weighted by Gasteiger charge is 2.32. The van der Waals surface area contributed by atoms with Crippen molar-refractivity contribution in [3.8, 4) is 22.6 Å². The van der Waals surface area contributed by atoms with E-state index in [0.29, 0.717) is 24.1 Å². The molecule has 3 aromatic rings. The third-order valence-corrected chi connectivity index (χ3v) is 6.38. The number of aliphatic carboxylic acids is 1. The van der Waals surface area contributed by atoms with Crippen molar-refractivity contribution < 1.29 is 32.5 Å². The Balaban J connectivity index is 1.79. The quantitative estimate of drug-likeness (QED) is 0.277. The Hall–Kier alpha value is -3.52. The molecule has 0 saturated carbocycles. The van der Waals surface area contributed by atoms with Gasteiger partial charge in [0.1, 0.15) is 18.1 Å². The molecule has 3 aromatic carbocycles. The second-order valence-corrected chi connectivity index (χ2v) is 8.97. The summed E-state index contributed by atoms with van der Waals surface area (Å²) in [6, 6.07) is 14.9. The van der Waals surface area contributed by atoms with Crippen LogP contribution in [0.15, 0.2) is 54.6 Å². The van der Waals surface area contributed by atoms with Crippen LogP contribution in [-0.4, -0.2) is 31.3 Å². The molecule has 37 heavy (non-hydrogen) atoms. The molecule has 0 saturated heterocycles. The van der Waals surface area contributed by atoms with E-state index in [0.717, 1.165) is 40.1 Å². The van der Waals surface area contributed by atoms with Crippen LogP contribution < -0.4 is 14.8 Å². The van der Waals surface area contributed by atoms with E-state index in [1.54, 1.807) is 19.2 Å². The summed E-state index contributed by atoms with van der Waals surface area (Å²) >= 11 is 0. The van der Waals surface area contributed by atoms with Crippen LogP contribution in [0.25, 0.3) is 11.1 Å². The van der Waals surface area contributed by atoms with Gasteiger partial charge >= 0.3 is 12.1 Å². The number of benzene rings is 3. The maximum Gasteiger partial charge on any atom is 0.416 e. The average Bonchev–Trinajstić information content (AvgIpc) is 2.85. The first kappa shape index (κ1) is 28.1. The van der Waals surface area contributed by atoms with Gasteiger partial charge in [-0.15, -0.1) is 0 Å². The number of alkyl halides is 3. The molecule has 0 bridgehead atoms. The van der Waals surface area contributed by atoms with E-state index in [9.17, 15) is 18.0 Å². The van der Waals surface area contributed by atoms with Gasteiger partial charge in [0.2, 0.25) is 0 Å². The van der Waals surface area contributed by atoms with Crippen LogP contribution in [0, 0.1) is 13.8 Å². The van der Waals surface area contributed by atoms with Crippen LogP contribution in [0.1, 0.15) is 47.2 Å². The lowest BCUT2D eigenvalue weighted by Gasteiger charge is -2.18. The fraction of sp³-hybridized carbons (Fsp3) is 0.345. The number of carboxylic acids is 1. The number of halogens is 3. The molecule has 0 heterocycles. The second kappa shape index (κ2) is 12.1. The molecule has 3 rings (SSSR count). The summed E-state index contributed by atoms with van der Waals surface area (Å²) in [7, 11) is 1.60. The monoisotopic (exact) mass is 515 g/mol. The van der Waals surface area contributed by atoms with E-state index >= 15 is 0 Å². The molecule has 0 radical (unpaired) electrons. The molecule has 198 valence electrons. The number of hydrogen-bond acceptors (Lipinski definition) is 4. The molecule has 0 fully saturated rings. The first-order chi connectivity index (χ1) is 17.5. The molecule has 0 unspecified atom stereocenters. The molecule has 8 heteroatoms. The molecule has 0 spiro atoms. The molecular weight excluding hydrogens is 483 g/mol. The Morgan fingerprint density at radius 2 is 1.81 bits per heavy atom. The Labute approximate surface area is 215 Å². The van der Waals surface area contributed by atoms with Gasteiger partial charge in [0.25, 0.3) is 0 Å². The van der Waals surface area contributed by atoms with Gasteiger partial charge in [-0.05, 0) is 90.9 Å². The number of ether oxygens (including phenoxy) is 2. The second-order valence-electron chi connectivity index (χ2n) is 8.97. The predicted octanol–water partition coefficient (Wildman–Crippen LogP) is 6.74. The van der Waals surface area contributed by atoms with Gasteiger partial charge in [-0.2, -0.15) is 13.2 Å². The zero-order chi connectivity index (χ0) is 27.2. The number of aryl methyl sites for hydroxylation is 1. The number of carbonyl (C=O) groups is 1. The van der Waals surface area contributed by atoms with Crippen molar-refractivity contribution in [3.63, 3.8) is 0 Å². The largest absolute Gasteiger partial charge is 0.497 e. The Kier molecular flexibility index (Phi) is 9.21. The van der Waals surface area contributed by atoms with Crippen LogP contribution in [0.2, 0.25) is 0 Å². The van der Waals surface area contributed by atoms with Crippen molar-refractivity contribution in [1.82, 2.24) is 5.32 Å². The van der Waals surface area contributed by atoms with Crippen molar-refractivity contribution in [2.75, 3.05) is 20.3 Å². The van der Waals surface area contributed by atoms with E-state index in [4.69, 9.17) is 14.6 Å². The smallest absolute Gasteiger partial charge is 0.416 e. The summed E-state index contributed by atoms with van der Waals surface area (Å²) in [5.41, 5.74) is 3.71. The number of methoxy groups -OCH3 is 1. The van der Waals surface area contributed by atoms with Crippen molar-refractivity contribution in [2.45, 2.75) is 45.8 Å². The minimum atomic E-state index is -4.54. The lowest BCUT2D eigenvalue weighted by molar-refractivity contribution is -0.138. The molecule has 0 aliphatic rings. The Morgan fingerprint density at radius 1 is 1.05 bits per heavy atom. The highest BCUT2D eigenvalue weighted by atomic mass is 19.4. The molecule has 0 aromatic heterocycles. The third-order valence-electron chi connectivity index (χ3n) is 6.38. The van der Waals surface area contributed by atoms with E-state index in [1.807, 2.05) is 51.1 Å². The first-order valence-corrected chi connectivity index (χ1v) is 12.0. The van der Waals surface area contributed by atoms with Gasteiger partial charge in [0.15, 0.2) is 0 Å². The highest BCUT2D eigenvalue weighted by molar-refractivity contribution is 5.72. The van der Waals surface area contributed by atoms with Gasteiger partial charge in [-0.3, -0.25) is 4.79 Å². The minimum Gasteiger partial charge on any atom is -0.497 e. The fourth-order valence-electron chi connectivity index (χ4n) is 4.30. The number of rotatable bonds is 11. The van der Waals surface area contributed by atoms with Crippen molar-refractivity contribution in [3.05, 3.63) is 82.4 Å². The van der Waals surface area contributed by atoms with E-state index in [-0.39, 0.29) is 24.8 Å². The summed E-state index contributed by atoms with van der Waals surface area (Å²) in [5.74, 6) is -0.0579. The van der Waals surface area contributed by atoms with Crippen molar-refractivity contribution in [1.29, 1.82) is 0 Å². The molecule has 5 nitrogen and oxygen atoms in total. The summed E-state index contributed by atoms with van der Waals surface area (Å²) in [4.78, 5) is 11.1. The SMILES string of the molecule is COc1cccc([C@@H](C)NCCOc2cc(-c3ccc(C)c(CCC(=O)O)c3C)cc(C(F)(F)F)c2)c1. The fourth-order valence-corrected chi connectivity index (χ4v) is 4.30. The topological polar surface area (TPSA) is 67.8 Å². The number of carboxylic acid groups (broad SMARTS) is 1. The van der Waals surface area contributed by atoms with Gasteiger partial charge in [0.05, 0.1) is 12.7 Å². The van der Waals surface area contributed by atoms with Crippen LogP contribution in [-0.2, 0) is 17.4 Å². The summed E-state index contributed by atoms with van der Waals surface area (Å²) in [6.07, 6.45) is -4.29. The molecule has 0 amide bonds. The van der Waals surface area contributed by atoms with Crippen LogP contribution in [0.4, 0.5) is 13.2 Å². The van der Waals surface area contributed by atoms with Crippen molar-refractivity contribution >= 4 is 5.97 Å². The molecule has 2 N–H and O–H groups in total. The van der Waals surface area contributed by atoms with Crippen LogP contribution in [0.3, 0.4) is 0 Å². The Bertz CT molecular complexity index is 1240. The van der Waals surface area contributed by atoms with Gasteiger partial charge < -0.3 is 19.9 Å². The molecule has 0 aliphatic heterocycles. The summed E-state index contributed by atoms with van der Waals surface area (Å²) in [6.45, 7) is 6.26. The van der Waals surface area contributed by atoms with E-state index in [2.05, 4.69) is 5.32 Å². The predicted molar refractivity (Wildman–Crippen MR) is 137 cm³/mol. The Morgan fingerprint density at radius 3 is 2.49 bits per heavy atom.